The Morgan fingerprint density at radius 1 is 0.875 bits per heavy atom. The molecule has 5 nitrogen and oxygen atoms in total. The second kappa shape index (κ2) is 8.21. The number of benzene rings is 3. The third kappa shape index (κ3) is 3.51. The van der Waals surface area contributed by atoms with E-state index in [-0.39, 0.29) is 11.4 Å². The Hall–Kier alpha value is -4.69. The van der Waals surface area contributed by atoms with Gasteiger partial charge in [0.25, 0.3) is 0 Å². The number of carbonyl (C=O) groups is 1. The Balaban J connectivity index is 1.71. The van der Waals surface area contributed by atoms with Crippen molar-refractivity contribution in [1.82, 2.24) is 4.98 Å². The minimum atomic E-state index is -0.588. The summed E-state index contributed by atoms with van der Waals surface area (Å²) in [4.78, 5) is 17.3. The van der Waals surface area contributed by atoms with Crippen molar-refractivity contribution in [2.45, 2.75) is 0 Å². The summed E-state index contributed by atoms with van der Waals surface area (Å²) in [7, 11) is 0. The molecule has 5 rings (SSSR count). The highest BCUT2D eigenvalue weighted by Crippen LogP contribution is 2.36. The zero-order valence-electron chi connectivity index (χ0n) is 16.9. The van der Waals surface area contributed by atoms with Crippen molar-refractivity contribution in [2.24, 2.45) is 0 Å². The van der Waals surface area contributed by atoms with Crippen LogP contribution in [0.1, 0.15) is 15.9 Å². The van der Waals surface area contributed by atoms with Crippen molar-refractivity contribution >= 4 is 16.7 Å². The minimum Gasteiger partial charge on any atom is -0.464 e. The molecule has 0 spiro atoms. The fourth-order valence-corrected chi connectivity index (χ4v) is 3.64. The second-order valence-electron chi connectivity index (χ2n) is 7.11. The molecule has 0 unspecified atom stereocenters. The van der Waals surface area contributed by atoms with Gasteiger partial charge in [-0.2, -0.15) is 5.26 Å². The molecule has 5 heteroatoms. The lowest BCUT2D eigenvalue weighted by Gasteiger charge is -2.13. The van der Waals surface area contributed by atoms with Crippen LogP contribution in [0.5, 0.6) is 5.88 Å². The topological polar surface area (TPSA) is 76.1 Å². The Labute approximate surface area is 184 Å². The molecule has 0 aliphatic rings. The first kappa shape index (κ1) is 19.3. The molecule has 0 saturated heterocycles. The number of esters is 1. The van der Waals surface area contributed by atoms with Crippen LogP contribution in [0.25, 0.3) is 33.4 Å². The van der Waals surface area contributed by atoms with E-state index in [4.69, 9.17) is 9.15 Å². The predicted molar refractivity (Wildman–Crippen MR) is 121 cm³/mol. The SMILES string of the molecule is N#Cc1c(-c2ccco2)cc(-c2cccc3ccccc23)nc1OC(=O)c1ccccc1. The maximum atomic E-state index is 12.7. The van der Waals surface area contributed by atoms with Crippen LogP contribution in [-0.2, 0) is 0 Å². The highest BCUT2D eigenvalue weighted by atomic mass is 16.5. The van der Waals surface area contributed by atoms with Crippen LogP contribution in [0.15, 0.2) is 102 Å². The fraction of sp³-hybridized carbons (Fsp3) is 0. The molecule has 0 saturated carbocycles. The molecular formula is C27H16N2O3. The van der Waals surface area contributed by atoms with E-state index in [0.29, 0.717) is 22.6 Å². The summed E-state index contributed by atoms with van der Waals surface area (Å²) >= 11 is 0. The van der Waals surface area contributed by atoms with Gasteiger partial charge >= 0.3 is 5.97 Å². The van der Waals surface area contributed by atoms with Gasteiger partial charge in [-0.3, -0.25) is 0 Å². The van der Waals surface area contributed by atoms with Crippen molar-refractivity contribution in [3.05, 3.63) is 108 Å². The van der Waals surface area contributed by atoms with Crippen molar-refractivity contribution in [2.75, 3.05) is 0 Å². The molecule has 0 bridgehead atoms. The van der Waals surface area contributed by atoms with Crippen LogP contribution >= 0.6 is 0 Å². The largest absolute Gasteiger partial charge is 0.464 e. The first-order valence-corrected chi connectivity index (χ1v) is 9.99. The molecule has 3 aromatic carbocycles. The first-order chi connectivity index (χ1) is 15.7. The fourth-order valence-electron chi connectivity index (χ4n) is 3.64. The van der Waals surface area contributed by atoms with E-state index in [1.165, 1.54) is 6.26 Å². The molecular weight excluding hydrogens is 400 g/mol. The van der Waals surface area contributed by atoms with Gasteiger partial charge < -0.3 is 9.15 Å². The van der Waals surface area contributed by atoms with E-state index in [2.05, 4.69) is 11.1 Å². The van der Waals surface area contributed by atoms with E-state index < -0.39 is 5.97 Å². The number of aromatic nitrogens is 1. The molecule has 2 heterocycles. The van der Waals surface area contributed by atoms with Crippen molar-refractivity contribution in [1.29, 1.82) is 5.26 Å². The van der Waals surface area contributed by atoms with Crippen molar-refractivity contribution in [3.63, 3.8) is 0 Å². The van der Waals surface area contributed by atoms with E-state index in [0.717, 1.165) is 16.3 Å². The summed E-state index contributed by atoms with van der Waals surface area (Å²) in [6, 6.07) is 29.9. The van der Waals surface area contributed by atoms with Gasteiger partial charge in [0, 0.05) is 11.1 Å². The summed E-state index contributed by atoms with van der Waals surface area (Å²) in [5, 5.41) is 11.9. The monoisotopic (exact) mass is 416 g/mol. The van der Waals surface area contributed by atoms with Crippen molar-refractivity contribution in [3.8, 4) is 34.5 Å². The number of hydrogen-bond acceptors (Lipinski definition) is 5. The van der Waals surface area contributed by atoms with Crippen LogP contribution in [0.2, 0.25) is 0 Å². The number of rotatable bonds is 4. The number of carbonyl (C=O) groups excluding carboxylic acids is 1. The quantitative estimate of drug-likeness (QED) is 0.324. The highest BCUT2D eigenvalue weighted by molar-refractivity contribution is 5.97. The second-order valence-corrected chi connectivity index (χ2v) is 7.11. The minimum absolute atomic E-state index is 0.0572. The molecule has 0 atom stereocenters. The van der Waals surface area contributed by atoms with E-state index in [1.54, 1.807) is 42.5 Å². The van der Waals surface area contributed by atoms with E-state index in [1.807, 2.05) is 48.5 Å². The standard InChI is InChI=1S/C27H16N2O3/c28-17-23-22(25-14-7-15-31-25)16-24(21-13-6-11-18-8-4-5-12-20(18)21)29-26(23)32-27(30)19-9-2-1-3-10-19/h1-16H. The lowest BCUT2D eigenvalue weighted by Crippen LogP contribution is -2.11. The molecule has 0 radical (unpaired) electrons. The van der Waals surface area contributed by atoms with Crippen molar-refractivity contribution < 1.29 is 13.9 Å². The van der Waals surface area contributed by atoms with E-state index in [9.17, 15) is 10.1 Å². The maximum absolute atomic E-state index is 12.7. The number of nitrogens with zero attached hydrogens (tertiary/aromatic N) is 2. The average molecular weight is 416 g/mol. The molecule has 0 fully saturated rings. The molecule has 0 N–H and O–H groups in total. The van der Waals surface area contributed by atoms with Crippen LogP contribution in [0.4, 0.5) is 0 Å². The number of nitriles is 1. The molecule has 5 aromatic rings. The third-order valence-electron chi connectivity index (χ3n) is 5.15. The molecule has 0 aliphatic heterocycles. The van der Waals surface area contributed by atoms with Crippen LogP contribution in [0, 0.1) is 11.3 Å². The van der Waals surface area contributed by atoms with Gasteiger partial charge in [0.2, 0.25) is 5.88 Å². The van der Waals surface area contributed by atoms with Gasteiger partial charge in [0.1, 0.15) is 17.4 Å². The van der Waals surface area contributed by atoms with Gasteiger partial charge in [-0.15, -0.1) is 0 Å². The smallest absolute Gasteiger partial charge is 0.344 e. The number of furan rings is 1. The average Bonchev–Trinajstić information content (AvgIpc) is 3.39. The molecule has 0 amide bonds. The van der Waals surface area contributed by atoms with Crippen LogP contribution in [-0.4, -0.2) is 11.0 Å². The summed E-state index contributed by atoms with van der Waals surface area (Å²) in [5.74, 6) is -0.157. The number of ether oxygens (including phenoxy) is 1. The van der Waals surface area contributed by atoms with Crippen LogP contribution < -0.4 is 4.74 Å². The summed E-state index contributed by atoms with van der Waals surface area (Å²) in [5.41, 5.74) is 2.44. The highest BCUT2D eigenvalue weighted by Gasteiger charge is 2.21. The van der Waals surface area contributed by atoms with Gasteiger partial charge in [-0.1, -0.05) is 60.7 Å². The number of fused-ring (bicyclic) bond motifs is 1. The summed E-state index contributed by atoms with van der Waals surface area (Å²) in [6.45, 7) is 0. The summed E-state index contributed by atoms with van der Waals surface area (Å²) in [6.07, 6.45) is 1.53. The Morgan fingerprint density at radius 3 is 2.44 bits per heavy atom. The molecule has 152 valence electrons. The Kier molecular flexibility index (Phi) is 4.95. The number of pyridine rings is 1. The maximum Gasteiger partial charge on any atom is 0.344 e. The first-order valence-electron chi connectivity index (χ1n) is 9.99. The lowest BCUT2D eigenvalue weighted by molar-refractivity contribution is 0.0727. The zero-order chi connectivity index (χ0) is 21.9. The Bertz CT molecular complexity index is 1460. The number of hydrogen-bond donors (Lipinski definition) is 0. The van der Waals surface area contributed by atoms with E-state index >= 15 is 0 Å². The summed E-state index contributed by atoms with van der Waals surface area (Å²) < 4.78 is 11.2. The molecule has 2 aromatic heterocycles. The van der Waals surface area contributed by atoms with Gasteiger partial charge in [0.05, 0.1) is 17.5 Å². The third-order valence-corrected chi connectivity index (χ3v) is 5.15. The van der Waals surface area contributed by atoms with Gasteiger partial charge in [-0.25, -0.2) is 9.78 Å². The zero-order valence-corrected chi connectivity index (χ0v) is 16.9. The van der Waals surface area contributed by atoms with Gasteiger partial charge in [-0.05, 0) is 41.1 Å². The predicted octanol–water partition coefficient (Wildman–Crippen LogP) is 6.25. The lowest BCUT2D eigenvalue weighted by atomic mass is 9.99. The van der Waals surface area contributed by atoms with Crippen LogP contribution in [0.3, 0.4) is 0 Å². The van der Waals surface area contributed by atoms with Gasteiger partial charge in [0.15, 0.2) is 0 Å². The normalized spacial score (nSPS) is 10.6. The molecule has 0 aliphatic carbocycles. The molecule has 32 heavy (non-hydrogen) atoms. The Morgan fingerprint density at radius 2 is 1.66 bits per heavy atom.